The van der Waals surface area contributed by atoms with Gasteiger partial charge in [0.1, 0.15) is 0 Å². The largest absolute Gasteiger partial charge is 0.377 e. The number of nitrogens with zero attached hydrogens (tertiary/aromatic N) is 3. The number of aromatic nitrogens is 2. The van der Waals surface area contributed by atoms with Crippen LogP contribution >= 0.6 is 27.3 Å². The van der Waals surface area contributed by atoms with Crippen molar-refractivity contribution in [2.75, 3.05) is 25.1 Å². The molecule has 84 valence electrons. The van der Waals surface area contributed by atoms with Crippen LogP contribution in [0.3, 0.4) is 0 Å². The summed E-state index contributed by atoms with van der Waals surface area (Å²) in [6, 6.07) is 0. The molecule has 1 fully saturated rings. The zero-order chi connectivity index (χ0) is 10.9. The Balaban J connectivity index is 2.11. The van der Waals surface area contributed by atoms with Crippen LogP contribution in [0.15, 0.2) is 3.92 Å². The normalized spacial score (nSPS) is 27.0. The van der Waals surface area contributed by atoms with E-state index in [0.717, 1.165) is 35.0 Å². The molecule has 1 aromatic rings. The maximum absolute atomic E-state index is 5.54. The van der Waals surface area contributed by atoms with Gasteiger partial charge in [0.2, 0.25) is 5.13 Å². The zero-order valence-corrected chi connectivity index (χ0v) is 11.3. The molecule has 1 aliphatic heterocycles. The Labute approximate surface area is 102 Å². The van der Waals surface area contributed by atoms with E-state index in [0.29, 0.717) is 0 Å². The van der Waals surface area contributed by atoms with E-state index in [-0.39, 0.29) is 5.60 Å². The van der Waals surface area contributed by atoms with Crippen molar-refractivity contribution in [3.63, 3.8) is 0 Å². The first kappa shape index (κ1) is 11.3. The van der Waals surface area contributed by atoms with Gasteiger partial charge in [-0.1, -0.05) is 11.3 Å². The second kappa shape index (κ2) is 4.35. The van der Waals surface area contributed by atoms with Gasteiger partial charge in [-0.15, -0.1) is 10.2 Å². The number of methoxy groups -OCH3 is 1. The van der Waals surface area contributed by atoms with E-state index in [1.54, 1.807) is 18.4 Å². The topological polar surface area (TPSA) is 38.2 Å². The third-order valence-corrected chi connectivity index (χ3v) is 4.23. The number of hydrogen-bond acceptors (Lipinski definition) is 5. The van der Waals surface area contributed by atoms with Gasteiger partial charge < -0.3 is 9.64 Å². The molecule has 15 heavy (non-hydrogen) atoms. The van der Waals surface area contributed by atoms with Gasteiger partial charge in [0, 0.05) is 20.2 Å². The van der Waals surface area contributed by atoms with Crippen LogP contribution in [0, 0.1) is 0 Å². The molecule has 0 N–H and O–H groups in total. The van der Waals surface area contributed by atoms with Crippen LogP contribution in [0.25, 0.3) is 0 Å². The molecule has 0 amide bonds. The summed E-state index contributed by atoms with van der Waals surface area (Å²) in [6.07, 6.45) is 2.25. The molecule has 0 aromatic carbocycles. The lowest BCUT2D eigenvalue weighted by molar-refractivity contribution is -0.00468. The van der Waals surface area contributed by atoms with Gasteiger partial charge in [0.15, 0.2) is 3.92 Å². The van der Waals surface area contributed by atoms with Crippen LogP contribution < -0.4 is 4.90 Å². The maximum Gasteiger partial charge on any atom is 0.209 e. The van der Waals surface area contributed by atoms with Crippen molar-refractivity contribution in [3.8, 4) is 0 Å². The highest BCUT2D eigenvalue weighted by molar-refractivity contribution is 9.11. The van der Waals surface area contributed by atoms with Crippen LogP contribution in [-0.2, 0) is 4.74 Å². The fraction of sp³-hybridized carbons (Fsp3) is 0.778. The first-order chi connectivity index (χ1) is 7.13. The minimum absolute atomic E-state index is 0.0452. The monoisotopic (exact) mass is 291 g/mol. The predicted molar refractivity (Wildman–Crippen MR) is 64.5 cm³/mol. The molecule has 0 bridgehead atoms. The van der Waals surface area contributed by atoms with Crippen molar-refractivity contribution < 1.29 is 4.74 Å². The highest BCUT2D eigenvalue weighted by Gasteiger charge is 2.32. The molecule has 1 unspecified atom stereocenters. The van der Waals surface area contributed by atoms with E-state index >= 15 is 0 Å². The van der Waals surface area contributed by atoms with Crippen molar-refractivity contribution >= 4 is 32.4 Å². The van der Waals surface area contributed by atoms with E-state index in [1.807, 2.05) is 0 Å². The SMILES string of the molecule is COC1(C)CCCN(c2nnc(Br)s2)C1. The molecule has 2 heterocycles. The summed E-state index contributed by atoms with van der Waals surface area (Å²) in [4.78, 5) is 2.25. The van der Waals surface area contributed by atoms with Gasteiger partial charge >= 0.3 is 0 Å². The maximum atomic E-state index is 5.54. The molecular weight excluding hydrogens is 278 g/mol. The van der Waals surface area contributed by atoms with Crippen molar-refractivity contribution in [2.45, 2.75) is 25.4 Å². The van der Waals surface area contributed by atoms with Crippen LogP contribution in [0.2, 0.25) is 0 Å². The van der Waals surface area contributed by atoms with Gasteiger partial charge in [-0.3, -0.25) is 0 Å². The van der Waals surface area contributed by atoms with Gasteiger partial charge in [-0.05, 0) is 35.7 Å². The Bertz CT molecular complexity index is 346. The Hall–Kier alpha value is -0.200. The zero-order valence-electron chi connectivity index (χ0n) is 8.86. The average molecular weight is 292 g/mol. The van der Waals surface area contributed by atoms with Crippen molar-refractivity contribution in [2.24, 2.45) is 0 Å². The van der Waals surface area contributed by atoms with Crippen molar-refractivity contribution in [1.82, 2.24) is 10.2 Å². The Kier molecular flexibility index (Phi) is 3.27. The fourth-order valence-corrected chi connectivity index (χ4v) is 2.97. The second-order valence-corrected chi connectivity index (χ2v) is 6.25. The smallest absolute Gasteiger partial charge is 0.209 e. The first-order valence-corrected chi connectivity index (χ1v) is 6.53. The van der Waals surface area contributed by atoms with E-state index in [1.165, 1.54) is 0 Å². The highest BCUT2D eigenvalue weighted by Crippen LogP contribution is 2.30. The summed E-state index contributed by atoms with van der Waals surface area (Å²) >= 11 is 4.90. The molecule has 0 spiro atoms. The molecule has 1 aromatic heterocycles. The number of anilines is 1. The number of hydrogen-bond donors (Lipinski definition) is 0. The summed E-state index contributed by atoms with van der Waals surface area (Å²) in [7, 11) is 1.78. The van der Waals surface area contributed by atoms with Crippen LogP contribution in [0.5, 0.6) is 0 Å². The molecule has 0 saturated carbocycles. The van der Waals surface area contributed by atoms with Crippen molar-refractivity contribution in [1.29, 1.82) is 0 Å². The molecule has 1 atom stereocenters. The van der Waals surface area contributed by atoms with E-state index in [9.17, 15) is 0 Å². The summed E-state index contributed by atoms with van der Waals surface area (Å²) in [5.74, 6) is 0. The van der Waals surface area contributed by atoms with E-state index in [2.05, 4.69) is 38.0 Å². The molecular formula is C9H14BrN3OS. The van der Waals surface area contributed by atoms with Crippen LogP contribution in [-0.4, -0.2) is 36.0 Å². The number of rotatable bonds is 2. The molecule has 1 saturated heterocycles. The highest BCUT2D eigenvalue weighted by atomic mass is 79.9. The lowest BCUT2D eigenvalue weighted by Crippen LogP contribution is -2.47. The molecule has 1 aliphatic rings. The third kappa shape index (κ3) is 2.49. The second-order valence-electron chi connectivity index (χ2n) is 4.02. The summed E-state index contributed by atoms with van der Waals surface area (Å²) < 4.78 is 6.38. The molecule has 0 radical (unpaired) electrons. The van der Waals surface area contributed by atoms with Crippen LogP contribution in [0.4, 0.5) is 5.13 Å². The summed E-state index contributed by atoms with van der Waals surface area (Å²) in [5.41, 5.74) is -0.0452. The Morgan fingerprint density at radius 1 is 1.53 bits per heavy atom. The Morgan fingerprint density at radius 2 is 2.33 bits per heavy atom. The quantitative estimate of drug-likeness (QED) is 0.838. The predicted octanol–water partition coefficient (Wildman–Crippen LogP) is 2.31. The summed E-state index contributed by atoms with van der Waals surface area (Å²) in [6.45, 7) is 4.08. The minimum atomic E-state index is -0.0452. The van der Waals surface area contributed by atoms with Gasteiger partial charge in [-0.2, -0.15) is 0 Å². The lowest BCUT2D eigenvalue weighted by Gasteiger charge is -2.39. The average Bonchev–Trinajstić information content (AvgIpc) is 2.65. The van der Waals surface area contributed by atoms with E-state index in [4.69, 9.17) is 4.74 Å². The van der Waals surface area contributed by atoms with Crippen molar-refractivity contribution in [3.05, 3.63) is 3.92 Å². The van der Waals surface area contributed by atoms with E-state index < -0.39 is 0 Å². The number of piperidine rings is 1. The van der Waals surface area contributed by atoms with Crippen LogP contribution in [0.1, 0.15) is 19.8 Å². The third-order valence-electron chi connectivity index (χ3n) is 2.81. The lowest BCUT2D eigenvalue weighted by atomic mass is 9.95. The standard InChI is InChI=1S/C9H14BrN3OS/c1-9(14-2)4-3-5-13(6-9)8-12-11-7(10)15-8/h3-6H2,1-2H3. The molecule has 4 nitrogen and oxygen atoms in total. The Morgan fingerprint density at radius 3 is 2.93 bits per heavy atom. The molecule has 2 rings (SSSR count). The van der Waals surface area contributed by atoms with Gasteiger partial charge in [0.25, 0.3) is 0 Å². The first-order valence-electron chi connectivity index (χ1n) is 4.92. The molecule has 6 heteroatoms. The number of halogens is 1. The molecule has 0 aliphatic carbocycles. The minimum Gasteiger partial charge on any atom is -0.377 e. The number of ether oxygens (including phenoxy) is 1. The fourth-order valence-electron chi connectivity index (χ4n) is 1.86. The van der Waals surface area contributed by atoms with Gasteiger partial charge in [0.05, 0.1) is 5.60 Å². The summed E-state index contributed by atoms with van der Waals surface area (Å²) in [5, 5.41) is 9.08. The van der Waals surface area contributed by atoms with Gasteiger partial charge in [-0.25, -0.2) is 0 Å².